The summed E-state index contributed by atoms with van der Waals surface area (Å²) in [6, 6.07) is 12.9. The van der Waals surface area contributed by atoms with E-state index in [1.165, 1.54) is 0 Å². The van der Waals surface area contributed by atoms with E-state index in [4.69, 9.17) is 9.84 Å². The number of aliphatic hydroxyl groups excluding tert-OH is 1. The van der Waals surface area contributed by atoms with E-state index in [0.29, 0.717) is 22.4 Å². The SMILES string of the molecule is COc1ccc(C(=O)c2ccc(C(CO)[SH](=O)=O)cc2)cc1. The predicted molar refractivity (Wildman–Crippen MR) is 83.0 cm³/mol. The van der Waals surface area contributed by atoms with E-state index in [-0.39, 0.29) is 5.78 Å². The van der Waals surface area contributed by atoms with Crippen LogP contribution in [0.25, 0.3) is 0 Å². The molecule has 0 saturated heterocycles. The molecule has 22 heavy (non-hydrogen) atoms. The highest BCUT2D eigenvalue weighted by atomic mass is 32.2. The summed E-state index contributed by atoms with van der Waals surface area (Å²) >= 11 is 0. The summed E-state index contributed by atoms with van der Waals surface area (Å²) in [5.74, 6) is 0.498. The van der Waals surface area contributed by atoms with Crippen LogP contribution < -0.4 is 4.74 Å². The molecule has 2 aromatic rings. The van der Waals surface area contributed by atoms with Crippen LogP contribution in [0.15, 0.2) is 48.5 Å². The Kier molecular flexibility index (Phi) is 5.30. The first kappa shape index (κ1) is 16.2. The smallest absolute Gasteiger partial charge is 0.193 e. The minimum Gasteiger partial charge on any atom is -0.497 e. The fourth-order valence-electron chi connectivity index (χ4n) is 2.06. The normalized spacial score (nSPS) is 12.1. The number of benzene rings is 2. The lowest BCUT2D eigenvalue weighted by Gasteiger charge is -2.08. The van der Waals surface area contributed by atoms with E-state index in [1.54, 1.807) is 55.6 Å². The van der Waals surface area contributed by atoms with Gasteiger partial charge in [-0.05, 0) is 29.8 Å². The van der Waals surface area contributed by atoms with Crippen molar-refractivity contribution in [3.05, 3.63) is 65.2 Å². The third kappa shape index (κ3) is 3.52. The van der Waals surface area contributed by atoms with Crippen LogP contribution in [0, 0.1) is 0 Å². The number of carbonyl (C=O) groups excluding carboxylic acids is 1. The summed E-state index contributed by atoms with van der Waals surface area (Å²) in [6.45, 7) is -0.482. The molecule has 2 aromatic carbocycles. The molecule has 0 amide bonds. The lowest BCUT2D eigenvalue weighted by Crippen LogP contribution is -2.07. The number of hydrogen-bond acceptors (Lipinski definition) is 5. The van der Waals surface area contributed by atoms with E-state index in [9.17, 15) is 13.2 Å². The topological polar surface area (TPSA) is 80.7 Å². The van der Waals surface area contributed by atoms with Gasteiger partial charge in [-0.3, -0.25) is 4.79 Å². The van der Waals surface area contributed by atoms with E-state index in [1.807, 2.05) is 0 Å². The molecular formula is C16H16O5S. The molecule has 5 nitrogen and oxygen atoms in total. The Morgan fingerprint density at radius 3 is 1.95 bits per heavy atom. The van der Waals surface area contributed by atoms with Crippen molar-refractivity contribution in [2.24, 2.45) is 0 Å². The second-order valence-electron chi connectivity index (χ2n) is 4.66. The zero-order valence-corrected chi connectivity index (χ0v) is 12.8. The Bertz CT molecular complexity index is 709. The first-order valence-electron chi connectivity index (χ1n) is 6.60. The van der Waals surface area contributed by atoms with Crippen molar-refractivity contribution in [3.8, 4) is 5.75 Å². The van der Waals surface area contributed by atoms with Crippen LogP contribution in [0.5, 0.6) is 5.75 Å². The molecule has 0 fully saturated rings. The molecule has 0 saturated carbocycles. The Hall–Kier alpha value is -2.18. The summed E-state index contributed by atoms with van der Waals surface area (Å²) in [5, 5.41) is 8.15. The molecule has 0 spiro atoms. The fourth-order valence-corrected chi connectivity index (χ4v) is 2.61. The van der Waals surface area contributed by atoms with Crippen molar-refractivity contribution in [1.82, 2.24) is 0 Å². The van der Waals surface area contributed by atoms with Gasteiger partial charge in [0.2, 0.25) is 0 Å². The lowest BCUT2D eigenvalue weighted by molar-refractivity contribution is 0.103. The Balaban J connectivity index is 2.23. The predicted octanol–water partition coefficient (Wildman–Crippen LogP) is 1.57. The summed E-state index contributed by atoms with van der Waals surface area (Å²) in [6.07, 6.45) is 0. The lowest BCUT2D eigenvalue weighted by atomic mass is 10.0. The van der Waals surface area contributed by atoms with Crippen molar-refractivity contribution in [2.75, 3.05) is 13.7 Å². The molecule has 0 aliphatic carbocycles. The summed E-state index contributed by atoms with van der Waals surface area (Å²) in [7, 11) is -1.21. The van der Waals surface area contributed by atoms with Gasteiger partial charge in [-0.15, -0.1) is 0 Å². The summed E-state index contributed by atoms with van der Waals surface area (Å²) in [5.41, 5.74) is 1.43. The van der Waals surface area contributed by atoms with Gasteiger partial charge in [0.05, 0.1) is 13.7 Å². The molecule has 2 rings (SSSR count). The maximum Gasteiger partial charge on any atom is 0.193 e. The zero-order valence-electron chi connectivity index (χ0n) is 11.9. The van der Waals surface area contributed by atoms with E-state index >= 15 is 0 Å². The van der Waals surface area contributed by atoms with Crippen molar-refractivity contribution >= 4 is 16.5 Å². The van der Waals surface area contributed by atoms with Gasteiger partial charge in [0.15, 0.2) is 5.78 Å². The molecule has 0 bridgehead atoms. The summed E-state index contributed by atoms with van der Waals surface area (Å²) < 4.78 is 27.1. The van der Waals surface area contributed by atoms with Crippen LogP contribution in [-0.2, 0) is 10.7 Å². The zero-order chi connectivity index (χ0) is 16.1. The molecular weight excluding hydrogens is 304 g/mol. The van der Waals surface area contributed by atoms with Crippen LogP contribution in [-0.4, -0.2) is 33.0 Å². The molecule has 0 heterocycles. The van der Waals surface area contributed by atoms with Crippen molar-refractivity contribution in [3.63, 3.8) is 0 Å². The average molecular weight is 320 g/mol. The van der Waals surface area contributed by atoms with Crippen LogP contribution >= 0.6 is 0 Å². The second-order valence-corrected chi connectivity index (χ2v) is 5.86. The molecule has 1 atom stereocenters. The van der Waals surface area contributed by atoms with Crippen LogP contribution in [0.3, 0.4) is 0 Å². The van der Waals surface area contributed by atoms with Crippen LogP contribution in [0.4, 0.5) is 0 Å². The minimum atomic E-state index is -2.76. The van der Waals surface area contributed by atoms with Crippen LogP contribution in [0.2, 0.25) is 0 Å². The molecule has 0 aliphatic heterocycles. The number of ether oxygens (including phenoxy) is 1. The van der Waals surface area contributed by atoms with Gasteiger partial charge >= 0.3 is 0 Å². The van der Waals surface area contributed by atoms with Gasteiger partial charge in [-0.25, -0.2) is 8.42 Å². The quantitative estimate of drug-likeness (QED) is 0.624. The standard InChI is InChI=1S/C16H16O5S/c1-21-14-8-6-13(7-9-14)16(18)12-4-2-11(3-5-12)15(10-17)22(19)20/h2-9,15,17,22H,10H2,1H3. The van der Waals surface area contributed by atoms with E-state index in [2.05, 4.69) is 0 Å². The first-order chi connectivity index (χ1) is 10.6. The Morgan fingerprint density at radius 1 is 1.05 bits per heavy atom. The third-order valence-electron chi connectivity index (χ3n) is 3.34. The molecule has 116 valence electrons. The van der Waals surface area contributed by atoms with Crippen molar-refractivity contribution in [1.29, 1.82) is 0 Å². The number of carbonyl (C=O) groups is 1. The van der Waals surface area contributed by atoms with Crippen molar-refractivity contribution < 1.29 is 23.1 Å². The molecule has 6 heteroatoms. The van der Waals surface area contributed by atoms with E-state index < -0.39 is 22.6 Å². The molecule has 0 aliphatic rings. The summed E-state index contributed by atoms with van der Waals surface area (Å²) in [4.78, 5) is 12.3. The van der Waals surface area contributed by atoms with Crippen LogP contribution in [0.1, 0.15) is 26.7 Å². The highest BCUT2D eigenvalue weighted by Crippen LogP contribution is 2.19. The van der Waals surface area contributed by atoms with Crippen molar-refractivity contribution in [2.45, 2.75) is 5.25 Å². The van der Waals surface area contributed by atoms with Gasteiger partial charge in [0.25, 0.3) is 0 Å². The van der Waals surface area contributed by atoms with Gasteiger partial charge in [-0.1, -0.05) is 24.3 Å². The number of thiol groups is 1. The second kappa shape index (κ2) is 7.20. The largest absolute Gasteiger partial charge is 0.497 e. The highest BCUT2D eigenvalue weighted by Gasteiger charge is 2.15. The number of aliphatic hydroxyl groups is 1. The van der Waals surface area contributed by atoms with Gasteiger partial charge < -0.3 is 9.84 Å². The number of rotatable bonds is 6. The molecule has 0 radical (unpaired) electrons. The minimum absolute atomic E-state index is 0.165. The highest BCUT2D eigenvalue weighted by molar-refractivity contribution is 7.72. The molecule has 1 N–H and O–H groups in total. The average Bonchev–Trinajstić information content (AvgIpc) is 2.55. The Morgan fingerprint density at radius 2 is 1.55 bits per heavy atom. The van der Waals surface area contributed by atoms with Gasteiger partial charge in [0.1, 0.15) is 21.7 Å². The number of hydrogen-bond donors (Lipinski definition) is 2. The fraction of sp³-hybridized carbons (Fsp3) is 0.188. The van der Waals surface area contributed by atoms with Gasteiger partial charge in [-0.2, -0.15) is 0 Å². The molecule has 1 unspecified atom stereocenters. The maximum atomic E-state index is 12.3. The third-order valence-corrected chi connectivity index (χ3v) is 4.31. The number of ketones is 1. The Labute approximate surface area is 130 Å². The number of methoxy groups -OCH3 is 1. The first-order valence-corrected chi connectivity index (χ1v) is 7.84. The molecule has 0 aromatic heterocycles. The monoisotopic (exact) mass is 320 g/mol. The van der Waals surface area contributed by atoms with E-state index in [0.717, 1.165) is 0 Å². The maximum absolute atomic E-state index is 12.3. The van der Waals surface area contributed by atoms with Gasteiger partial charge in [0, 0.05) is 11.1 Å².